The summed E-state index contributed by atoms with van der Waals surface area (Å²) in [5.41, 5.74) is 0.822. The molecule has 0 spiro atoms. The summed E-state index contributed by atoms with van der Waals surface area (Å²) in [6.45, 7) is 2.93. The van der Waals surface area contributed by atoms with Crippen LogP contribution in [0.15, 0.2) is 60.7 Å². The molecule has 6 aliphatic rings. The maximum Gasteiger partial charge on any atom is 0.416 e. The maximum absolute atomic E-state index is 17.1. The Bertz CT molecular complexity index is 3380. The quantitative estimate of drug-likeness (QED) is 0.0795. The Morgan fingerprint density at radius 3 is 1.39 bits per heavy atom. The van der Waals surface area contributed by atoms with E-state index in [2.05, 4.69) is 9.97 Å². The number of nitrogens with zero attached hydrogens (tertiary/aromatic N) is 9. The van der Waals surface area contributed by atoms with Gasteiger partial charge < -0.3 is 54.2 Å². The standard InChI is InChI=1S/C61H68F7N11O8/c1-73(59(82)83)52(33-13-23-86-24-14-33)57(80)77-17-3-5-50(77)55-69-44-29-38(40(62)31-46(44)71-55)48-11-12-49(79(48)37-27-42(64)54(43(65)28-37)76-21-19-75(20-22-76)36-9-7-35(8-10-36)61(66,67)68)39-30-45-47(32-41(39)63)72-56(70-45)51-6-4-18-78(51)58(81)53(74(2)60(84)85)34-15-25-87-26-16-34/h7-10,27-34,48-53H,3-6,11-26H2,1-2H3,(H,69,71)(H,70,72)(H,82,83)(H,84,85)/t48-,49-,50+,51+,52+,53+/m1/s1. The van der Waals surface area contributed by atoms with Gasteiger partial charge in [-0.15, -0.1) is 0 Å². The summed E-state index contributed by atoms with van der Waals surface area (Å²) in [5.74, 6) is -3.88. The van der Waals surface area contributed by atoms with Crippen LogP contribution in [0.1, 0.15) is 117 Å². The van der Waals surface area contributed by atoms with E-state index in [0.29, 0.717) is 119 Å². The first-order valence-electron chi connectivity index (χ1n) is 29.7. The van der Waals surface area contributed by atoms with Crippen molar-refractivity contribution in [1.82, 2.24) is 39.5 Å². The third-order valence-electron chi connectivity index (χ3n) is 18.9. The molecular weight excluding hydrogens is 1150 g/mol. The summed E-state index contributed by atoms with van der Waals surface area (Å²) in [4.78, 5) is 80.1. The van der Waals surface area contributed by atoms with Gasteiger partial charge in [0.1, 0.15) is 41.1 Å². The Labute approximate surface area is 496 Å². The number of fused-ring (bicyclic) bond motifs is 2. The molecule has 6 aromatic rings. The fourth-order valence-corrected chi connectivity index (χ4v) is 14.4. The van der Waals surface area contributed by atoms with Crippen LogP contribution in [0.4, 0.5) is 57.4 Å². The van der Waals surface area contributed by atoms with E-state index in [9.17, 15) is 42.6 Å². The highest BCUT2D eigenvalue weighted by Gasteiger charge is 2.46. The number of carbonyl (C=O) groups excluding carboxylic acids is 2. The van der Waals surface area contributed by atoms with Gasteiger partial charge in [-0.05, 0) is 125 Å². The van der Waals surface area contributed by atoms with E-state index < -0.39 is 83.4 Å². The number of likely N-dealkylation sites (N-methyl/N-ethyl adjacent to an activating group) is 2. The van der Waals surface area contributed by atoms with E-state index in [-0.39, 0.29) is 96.2 Å². The number of aromatic nitrogens is 4. The average Bonchev–Trinajstić information content (AvgIpc) is 1.81. The number of anilines is 3. The predicted molar refractivity (Wildman–Crippen MR) is 305 cm³/mol. The Balaban J connectivity index is 0.871. The third-order valence-corrected chi connectivity index (χ3v) is 18.9. The van der Waals surface area contributed by atoms with Crippen molar-refractivity contribution in [2.45, 2.75) is 107 Å². The Morgan fingerprint density at radius 2 is 0.977 bits per heavy atom. The molecule has 26 heteroatoms. The van der Waals surface area contributed by atoms with Gasteiger partial charge in [-0.3, -0.25) is 19.4 Å². The van der Waals surface area contributed by atoms with Crippen molar-refractivity contribution >= 4 is 63.1 Å². The minimum absolute atomic E-state index is 0.0183. The van der Waals surface area contributed by atoms with Crippen LogP contribution in [0.5, 0.6) is 0 Å². The van der Waals surface area contributed by atoms with Gasteiger partial charge in [-0.25, -0.2) is 37.1 Å². The van der Waals surface area contributed by atoms with Crippen LogP contribution < -0.4 is 14.7 Å². The first-order valence-corrected chi connectivity index (χ1v) is 29.7. The van der Waals surface area contributed by atoms with E-state index in [4.69, 9.17) is 19.4 Å². The lowest BCUT2D eigenvalue weighted by Crippen LogP contribution is -2.53. The number of alkyl halides is 3. The van der Waals surface area contributed by atoms with Crippen molar-refractivity contribution in [2.24, 2.45) is 11.8 Å². The first-order chi connectivity index (χ1) is 41.7. The Hall–Kier alpha value is -7.87. The third kappa shape index (κ3) is 11.4. The van der Waals surface area contributed by atoms with Crippen LogP contribution in [0.2, 0.25) is 0 Å². The van der Waals surface area contributed by atoms with E-state index >= 15 is 17.6 Å². The number of rotatable bonds is 13. The van der Waals surface area contributed by atoms with Crippen LogP contribution in [-0.4, -0.2) is 166 Å². The number of aromatic amines is 2. The number of amides is 4. The molecule has 4 aromatic carbocycles. The molecule has 0 aliphatic carbocycles. The number of likely N-dealkylation sites (tertiary alicyclic amines) is 2. The second kappa shape index (κ2) is 24.0. The summed E-state index contributed by atoms with van der Waals surface area (Å²) in [7, 11) is 2.77. The summed E-state index contributed by atoms with van der Waals surface area (Å²) < 4.78 is 119. The smallest absolute Gasteiger partial charge is 0.416 e. The maximum atomic E-state index is 17.1. The Morgan fingerprint density at radius 1 is 0.552 bits per heavy atom. The van der Waals surface area contributed by atoms with E-state index in [0.717, 1.165) is 34.1 Å². The summed E-state index contributed by atoms with van der Waals surface area (Å²) >= 11 is 0. The number of benzene rings is 4. The minimum Gasteiger partial charge on any atom is -0.465 e. The number of halogens is 7. The Kier molecular flexibility index (Phi) is 16.4. The SMILES string of the molecule is CN(C(=O)O)[C@H](C(=O)N1CCC[C@H]1c1nc2cc(F)c([C@H]3CC[C@H](c4cc5[nH]c([C@@H]6CCCN6C(=O)[C@H](C6CCOCC6)N(C)C(=O)O)nc5cc4F)N3c3cc(F)c(N4CCN(c5ccc(C(F)(F)F)cc5)CC4)c(F)c3)cc2[nH]1)C1CCOCC1. The van der Waals surface area contributed by atoms with Crippen molar-refractivity contribution in [3.8, 4) is 0 Å². The number of carboxylic acid groups (broad SMARTS) is 2. The lowest BCUT2D eigenvalue weighted by molar-refractivity contribution is -0.141. The largest absolute Gasteiger partial charge is 0.465 e. The zero-order valence-electron chi connectivity index (χ0n) is 48.0. The fraction of sp³-hybridized carbons (Fsp3) is 0.508. The normalized spacial score (nSPS) is 22.4. The van der Waals surface area contributed by atoms with Crippen molar-refractivity contribution in [3.63, 3.8) is 0 Å². The van der Waals surface area contributed by atoms with E-state index in [1.54, 1.807) is 26.8 Å². The lowest BCUT2D eigenvalue weighted by Gasteiger charge is -2.38. The molecule has 6 saturated heterocycles. The lowest BCUT2D eigenvalue weighted by atomic mass is 9.89. The first kappa shape index (κ1) is 59.5. The molecule has 8 heterocycles. The van der Waals surface area contributed by atoms with Crippen LogP contribution in [0.25, 0.3) is 22.1 Å². The van der Waals surface area contributed by atoms with Crippen molar-refractivity contribution < 1.29 is 69.6 Å². The average molecular weight is 1220 g/mol. The highest BCUT2D eigenvalue weighted by molar-refractivity contribution is 5.88. The molecule has 4 amide bonds. The highest BCUT2D eigenvalue weighted by atomic mass is 19.4. The number of hydrogen-bond acceptors (Lipinski definition) is 11. The monoisotopic (exact) mass is 1220 g/mol. The number of ether oxygens (including phenoxy) is 2. The molecule has 0 bridgehead atoms. The minimum atomic E-state index is -4.52. The number of H-pyrrole nitrogens is 2. The van der Waals surface area contributed by atoms with Crippen molar-refractivity contribution in [3.05, 3.63) is 112 Å². The number of hydrogen-bond donors (Lipinski definition) is 4. The molecule has 4 N–H and O–H groups in total. The molecule has 0 saturated carbocycles. The molecule has 6 fully saturated rings. The van der Waals surface area contributed by atoms with Gasteiger partial charge in [0, 0.05) is 114 Å². The molecule has 12 rings (SSSR count). The van der Waals surface area contributed by atoms with E-state index in [1.165, 1.54) is 43.3 Å². The zero-order chi connectivity index (χ0) is 61.2. The van der Waals surface area contributed by atoms with Crippen molar-refractivity contribution in [1.29, 1.82) is 0 Å². The second-order valence-electron chi connectivity index (χ2n) is 23.8. The number of carbonyl (C=O) groups is 4. The number of imidazole rings is 2. The van der Waals surface area contributed by atoms with Crippen LogP contribution >= 0.6 is 0 Å². The zero-order valence-corrected chi connectivity index (χ0v) is 48.0. The van der Waals surface area contributed by atoms with Gasteiger partial charge in [0.05, 0.1) is 51.8 Å². The summed E-state index contributed by atoms with van der Waals surface area (Å²) in [5, 5.41) is 20.1. The summed E-state index contributed by atoms with van der Waals surface area (Å²) in [6, 6.07) is 7.53. The van der Waals surface area contributed by atoms with Crippen LogP contribution in [0.3, 0.4) is 0 Å². The van der Waals surface area contributed by atoms with Crippen molar-refractivity contribution in [2.75, 3.05) is 94.5 Å². The van der Waals surface area contributed by atoms with Gasteiger partial charge in [-0.2, -0.15) is 13.2 Å². The van der Waals surface area contributed by atoms with E-state index in [1.807, 2.05) is 4.90 Å². The summed E-state index contributed by atoms with van der Waals surface area (Å²) in [6.07, 6.45) is -2.50. The molecule has 6 atom stereocenters. The highest BCUT2D eigenvalue weighted by Crippen LogP contribution is 2.50. The molecular formula is C61H68F7N11O8. The van der Waals surface area contributed by atoms with Crippen LogP contribution in [0, 0.1) is 35.1 Å². The van der Waals surface area contributed by atoms with Gasteiger partial charge >= 0.3 is 18.4 Å². The molecule has 0 radical (unpaired) electrons. The number of piperazine rings is 1. The van der Waals surface area contributed by atoms with Gasteiger partial charge in [0.15, 0.2) is 11.6 Å². The molecule has 19 nitrogen and oxygen atoms in total. The van der Waals surface area contributed by atoms with Crippen LogP contribution in [-0.2, 0) is 25.2 Å². The molecule has 0 unspecified atom stereocenters. The fourth-order valence-electron chi connectivity index (χ4n) is 14.4. The predicted octanol–water partition coefficient (Wildman–Crippen LogP) is 10.6. The number of nitrogens with one attached hydrogen (secondary N) is 2. The molecule has 87 heavy (non-hydrogen) atoms. The van der Waals surface area contributed by atoms with Gasteiger partial charge in [0.25, 0.3) is 0 Å². The molecule has 2 aromatic heterocycles. The van der Waals surface area contributed by atoms with Gasteiger partial charge in [0.2, 0.25) is 11.8 Å². The van der Waals surface area contributed by atoms with Gasteiger partial charge in [-0.1, -0.05) is 0 Å². The molecule has 6 aliphatic heterocycles. The molecule has 464 valence electrons. The second-order valence-corrected chi connectivity index (χ2v) is 23.8. The topological polar surface area (TPSA) is 207 Å².